The Balaban J connectivity index is 1.85. The zero-order valence-electron chi connectivity index (χ0n) is 15.9. The quantitative estimate of drug-likeness (QED) is 0.642. The Hall–Kier alpha value is -3.07. The van der Waals surface area contributed by atoms with E-state index in [2.05, 4.69) is 21.2 Å². The first kappa shape index (κ1) is 20.7. The van der Waals surface area contributed by atoms with Crippen LogP contribution in [0.3, 0.4) is 0 Å². The van der Waals surface area contributed by atoms with Gasteiger partial charge in [0.1, 0.15) is 5.92 Å². The summed E-state index contributed by atoms with van der Waals surface area (Å²) in [6.45, 7) is 0.411. The number of benzene rings is 2. The van der Waals surface area contributed by atoms with Crippen LogP contribution in [0.15, 0.2) is 40.9 Å². The number of hydrogen-bond acceptors (Lipinski definition) is 5. The van der Waals surface area contributed by atoms with Gasteiger partial charge < -0.3 is 25.4 Å². The van der Waals surface area contributed by atoms with E-state index >= 15 is 0 Å². The summed E-state index contributed by atoms with van der Waals surface area (Å²) in [5.74, 6) is -1.82. The van der Waals surface area contributed by atoms with Crippen LogP contribution < -0.4 is 25.4 Å². The molecule has 0 saturated carbocycles. The minimum atomic E-state index is -0.879. The molecule has 0 aromatic heterocycles. The number of primary amides is 1. The summed E-state index contributed by atoms with van der Waals surface area (Å²) in [5, 5.41) is 2.64. The van der Waals surface area contributed by atoms with E-state index in [-0.39, 0.29) is 17.2 Å². The fourth-order valence-electron chi connectivity index (χ4n) is 3.24. The number of anilines is 2. The predicted octanol–water partition coefficient (Wildman–Crippen LogP) is 2.56. The van der Waals surface area contributed by atoms with Gasteiger partial charge in [-0.25, -0.2) is 0 Å². The number of para-hydroxylation sites is 1. The van der Waals surface area contributed by atoms with E-state index in [1.165, 1.54) is 26.4 Å². The molecular weight excluding hydrogens is 442 g/mol. The second-order valence-corrected chi connectivity index (χ2v) is 7.24. The largest absolute Gasteiger partial charge is 0.493 e. The van der Waals surface area contributed by atoms with Crippen molar-refractivity contribution < 1.29 is 23.9 Å². The Kier molecular flexibility index (Phi) is 6.07. The number of carbonyl (C=O) groups excluding carboxylic acids is 3. The Morgan fingerprint density at radius 3 is 2.45 bits per heavy atom. The highest BCUT2D eigenvalue weighted by atomic mass is 79.9. The van der Waals surface area contributed by atoms with Crippen LogP contribution in [0.2, 0.25) is 0 Å². The molecule has 3 amide bonds. The molecule has 1 atom stereocenters. The predicted molar refractivity (Wildman–Crippen MR) is 111 cm³/mol. The van der Waals surface area contributed by atoms with Crippen LogP contribution in [-0.4, -0.2) is 38.5 Å². The Bertz CT molecular complexity index is 979. The summed E-state index contributed by atoms with van der Waals surface area (Å²) < 4.78 is 11.2. The van der Waals surface area contributed by atoms with Gasteiger partial charge in [0.2, 0.25) is 11.8 Å². The first-order valence-electron chi connectivity index (χ1n) is 8.80. The normalized spacial score (nSPS) is 15.9. The van der Waals surface area contributed by atoms with E-state index < -0.39 is 17.7 Å². The highest BCUT2D eigenvalue weighted by Crippen LogP contribution is 2.35. The third-order valence-electron chi connectivity index (χ3n) is 4.71. The second-order valence-electron chi connectivity index (χ2n) is 6.39. The number of amides is 3. The first-order chi connectivity index (χ1) is 13.9. The van der Waals surface area contributed by atoms with Gasteiger partial charge in [-0.15, -0.1) is 0 Å². The third-order valence-corrected chi connectivity index (χ3v) is 5.38. The van der Waals surface area contributed by atoms with Crippen LogP contribution in [0.25, 0.3) is 0 Å². The fraction of sp³-hybridized carbons (Fsp3) is 0.250. The topological polar surface area (TPSA) is 111 Å². The maximum Gasteiger partial charge on any atom is 0.250 e. The smallest absolute Gasteiger partial charge is 0.250 e. The third kappa shape index (κ3) is 4.04. The summed E-state index contributed by atoms with van der Waals surface area (Å²) in [7, 11) is 2.86. The Morgan fingerprint density at radius 2 is 1.83 bits per heavy atom. The molecule has 1 fully saturated rings. The van der Waals surface area contributed by atoms with Gasteiger partial charge in [-0.2, -0.15) is 0 Å². The standard InChI is InChI=1S/C20H20BrN3O5/c1-28-16-9-12(18(22)25)14(10-17(16)29-2)23-19(26)11-7-8-24(20(11)27)15-6-4-3-5-13(15)21/h3-6,9-11H,7-8H2,1-2H3,(H2,22,25)(H,23,26). The molecule has 0 bridgehead atoms. The van der Waals surface area contributed by atoms with Crippen molar-refractivity contribution in [3.63, 3.8) is 0 Å². The maximum absolute atomic E-state index is 12.8. The van der Waals surface area contributed by atoms with Gasteiger partial charge in [-0.05, 0) is 40.5 Å². The Morgan fingerprint density at radius 1 is 1.17 bits per heavy atom. The van der Waals surface area contributed by atoms with Crippen LogP contribution in [-0.2, 0) is 9.59 Å². The molecular formula is C20H20BrN3O5. The average molecular weight is 462 g/mol. The van der Waals surface area contributed by atoms with E-state index in [0.717, 1.165) is 4.47 Å². The molecule has 152 valence electrons. The molecule has 2 aromatic rings. The van der Waals surface area contributed by atoms with E-state index in [4.69, 9.17) is 15.2 Å². The van der Waals surface area contributed by atoms with Crippen molar-refractivity contribution in [2.24, 2.45) is 11.7 Å². The van der Waals surface area contributed by atoms with E-state index in [0.29, 0.717) is 30.2 Å². The number of carbonyl (C=O) groups is 3. The Labute approximate surface area is 176 Å². The summed E-state index contributed by atoms with van der Waals surface area (Å²) in [6, 6.07) is 10.1. The number of methoxy groups -OCH3 is 2. The monoisotopic (exact) mass is 461 g/mol. The average Bonchev–Trinajstić information content (AvgIpc) is 3.09. The molecule has 1 unspecified atom stereocenters. The molecule has 1 aliphatic heterocycles. The molecule has 8 nitrogen and oxygen atoms in total. The van der Waals surface area contributed by atoms with E-state index in [1.807, 2.05) is 24.3 Å². The van der Waals surface area contributed by atoms with Gasteiger partial charge >= 0.3 is 0 Å². The lowest BCUT2D eigenvalue weighted by Crippen LogP contribution is -2.33. The van der Waals surface area contributed by atoms with Crippen LogP contribution in [0, 0.1) is 5.92 Å². The zero-order chi connectivity index (χ0) is 21.1. The number of nitrogens with one attached hydrogen (secondary N) is 1. The molecule has 2 aromatic carbocycles. The summed E-state index contributed by atoms with van der Waals surface area (Å²) in [4.78, 5) is 39.1. The van der Waals surface area contributed by atoms with Crippen molar-refractivity contribution in [2.45, 2.75) is 6.42 Å². The molecule has 9 heteroatoms. The number of nitrogens with zero attached hydrogens (tertiary/aromatic N) is 1. The van der Waals surface area contributed by atoms with Crippen molar-refractivity contribution in [3.05, 3.63) is 46.4 Å². The van der Waals surface area contributed by atoms with Gasteiger partial charge in [0.15, 0.2) is 11.5 Å². The first-order valence-corrected chi connectivity index (χ1v) is 9.59. The molecule has 3 N–H and O–H groups in total. The van der Waals surface area contributed by atoms with Gasteiger partial charge in [0.05, 0.1) is 31.2 Å². The highest BCUT2D eigenvalue weighted by molar-refractivity contribution is 9.10. The molecule has 1 saturated heterocycles. The molecule has 0 aliphatic carbocycles. The van der Waals surface area contributed by atoms with Crippen LogP contribution in [0.4, 0.5) is 11.4 Å². The van der Waals surface area contributed by atoms with Gasteiger partial charge in [0, 0.05) is 17.1 Å². The van der Waals surface area contributed by atoms with Crippen LogP contribution in [0.5, 0.6) is 11.5 Å². The van der Waals surface area contributed by atoms with Crippen LogP contribution >= 0.6 is 15.9 Å². The summed E-state index contributed by atoms with van der Waals surface area (Å²) >= 11 is 3.43. The van der Waals surface area contributed by atoms with E-state index in [1.54, 1.807) is 4.90 Å². The van der Waals surface area contributed by atoms with Crippen LogP contribution in [0.1, 0.15) is 16.8 Å². The number of halogens is 1. The van der Waals surface area contributed by atoms with Crippen molar-refractivity contribution in [3.8, 4) is 11.5 Å². The number of ether oxygens (including phenoxy) is 2. The molecule has 0 radical (unpaired) electrons. The van der Waals surface area contributed by atoms with Crippen molar-refractivity contribution >= 4 is 45.0 Å². The second kappa shape index (κ2) is 8.52. The molecule has 3 rings (SSSR count). The fourth-order valence-corrected chi connectivity index (χ4v) is 3.74. The lowest BCUT2D eigenvalue weighted by molar-refractivity contribution is -0.129. The summed E-state index contributed by atoms with van der Waals surface area (Å²) in [5.41, 5.74) is 6.36. The lowest BCUT2D eigenvalue weighted by Gasteiger charge is -2.19. The zero-order valence-corrected chi connectivity index (χ0v) is 17.5. The lowest BCUT2D eigenvalue weighted by atomic mass is 10.1. The van der Waals surface area contributed by atoms with Gasteiger partial charge in [-0.1, -0.05) is 12.1 Å². The van der Waals surface area contributed by atoms with Crippen molar-refractivity contribution in [2.75, 3.05) is 31.0 Å². The highest BCUT2D eigenvalue weighted by Gasteiger charge is 2.38. The number of nitrogens with two attached hydrogens (primary N) is 1. The molecule has 0 spiro atoms. The summed E-state index contributed by atoms with van der Waals surface area (Å²) in [6.07, 6.45) is 0.352. The number of rotatable bonds is 6. The minimum Gasteiger partial charge on any atom is -0.493 e. The molecule has 29 heavy (non-hydrogen) atoms. The van der Waals surface area contributed by atoms with Gasteiger partial charge in [0.25, 0.3) is 5.91 Å². The van der Waals surface area contributed by atoms with Gasteiger partial charge in [-0.3, -0.25) is 14.4 Å². The van der Waals surface area contributed by atoms with Crippen molar-refractivity contribution in [1.29, 1.82) is 0 Å². The minimum absolute atomic E-state index is 0.0594. The number of hydrogen-bond donors (Lipinski definition) is 2. The van der Waals surface area contributed by atoms with E-state index in [9.17, 15) is 14.4 Å². The molecule has 1 aliphatic rings. The molecule has 1 heterocycles. The SMILES string of the molecule is COc1cc(NC(=O)C2CCN(c3ccccc3Br)C2=O)c(C(N)=O)cc1OC. The van der Waals surface area contributed by atoms with Crippen molar-refractivity contribution in [1.82, 2.24) is 0 Å². The maximum atomic E-state index is 12.8.